The van der Waals surface area contributed by atoms with Crippen LogP contribution in [0, 0.1) is 0 Å². The Bertz CT molecular complexity index is 1560. The number of H-pyrrole nitrogens is 1. The highest BCUT2D eigenvalue weighted by Gasteiger charge is 2.10. The maximum absolute atomic E-state index is 13.0. The van der Waals surface area contributed by atoms with Crippen molar-refractivity contribution in [1.29, 1.82) is 0 Å². The summed E-state index contributed by atoms with van der Waals surface area (Å²) in [6, 6.07) is 11.2. The van der Waals surface area contributed by atoms with E-state index in [1.54, 1.807) is 43.3 Å². The molecule has 0 saturated carbocycles. The minimum Gasteiger partial charge on any atom is -0.478 e. The van der Waals surface area contributed by atoms with Crippen molar-refractivity contribution >= 4 is 23.3 Å². The van der Waals surface area contributed by atoms with Crippen LogP contribution >= 0.6 is 11.6 Å². The van der Waals surface area contributed by atoms with E-state index >= 15 is 0 Å². The summed E-state index contributed by atoms with van der Waals surface area (Å²) in [5.74, 6) is -0.435. The van der Waals surface area contributed by atoms with Crippen LogP contribution in [0.15, 0.2) is 75.6 Å². The Balaban J connectivity index is 1.68. The van der Waals surface area contributed by atoms with Crippen LogP contribution in [-0.2, 0) is 13.1 Å². The van der Waals surface area contributed by atoms with Gasteiger partial charge < -0.3 is 9.84 Å². The van der Waals surface area contributed by atoms with Crippen molar-refractivity contribution in [2.75, 3.05) is 0 Å². The van der Waals surface area contributed by atoms with E-state index in [9.17, 15) is 14.4 Å². The smallest absolute Gasteiger partial charge is 0.337 e. The van der Waals surface area contributed by atoms with Gasteiger partial charge in [-0.15, -0.1) is 0 Å². The van der Waals surface area contributed by atoms with Crippen molar-refractivity contribution in [2.45, 2.75) is 20.0 Å². The van der Waals surface area contributed by atoms with Crippen LogP contribution in [0.5, 0.6) is 11.5 Å². The lowest BCUT2D eigenvalue weighted by molar-refractivity contribution is 0.0696. The van der Waals surface area contributed by atoms with Crippen LogP contribution in [0.25, 0.3) is 0 Å². The third-order valence-corrected chi connectivity index (χ3v) is 5.10. The Morgan fingerprint density at radius 2 is 1.86 bits per heavy atom. The Morgan fingerprint density at radius 1 is 1.09 bits per heavy atom. The van der Waals surface area contributed by atoms with E-state index in [0.717, 1.165) is 4.57 Å². The first-order valence-electron chi connectivity index (χ1n) is 10.4. The molecular formula is C23H19ClN6O5. The Morgan fingerprint density at radius 3 is 2.51 bits per heavy atom. The van der Waals surface area contributed by atoms with Crippen molar-refractivity contribution in [3.8, 4) is 11.5 Å². The zero-order chi connectivity index (χ0) is 24.9. The Labute approximate surface area is 202 Å². The zero-order valence-electron chi connectivity index (χ0n) is 18.4. The zero-order valence-corrected chi connectivity index (χ0v) is 19.1. The molecule has 4 rings (SSSR count). The Hall–Kier alpha value is -4.51. The SMILES string of the molecule is CCn1c(=O)[nH]/c(=N\c2ccc(Oc3cncc(C(=O)O)c3)cc2)n(Cc2ccc(Cl)cn2)c1=O. The maximum Gasteiger partial charge on any atom is 0.337 e. The lowest BCUT2D eigenvalue weighted by Gasteiger charge is -2.10. The molecule has 3 aromatic heterocycles. The van der Waals surface area contributed by atoms with Gasteiger partial charge >= 0.3 is 17.3 Å². The number of rotatable bonds is 7. The number of halogens is 1. The summed E-state index contributed by atoms with van der Waals surface area (Å²) in [6.07, 6.45) is 4.09. The number of nitrogens with zero attached hydrogens (tertiary/aromatic N) is 5. The molecule has 0 atom stereocenters. The number of hydrogen-bond acceptors (Lipinski definition) is 7. The average Bonchev–Trinajstić information content (AvgIpc) is 2.84. The normalized spacial score (nSPS) is 11.4. The number of benzene rings is 1. The van der Waals surface area contributed by atoms with Crippen LogP contribution in [-0.4, -0.2) is 35.2 Å². The molecule has 3 heterocycles. The Kier molecular flexibility index (Phi) is 6.88. The maximum atomic E-state index is 13.0. The van der Waals surface area contributed by atoms with Gasteiger partial charge in [0.15, 0.2) is 0 Å². The van der Waals surface area contributed by atoms with Gasteiger partial charge in [0, 0.05) is 18.9 Å². The number of carbonyl (C=O) groups is 1. The molecule has 178 valence electrons. The molecule has 1 aromatic carbocycles. The van der Waals surface area contributed by atoms with Crippen molar-refractivity contribution in [3.63, 3.8) is 0 Å². The number of ether oxygens (including phenoxy) is 1. The molecule has 35 heavy (non-hydrogen) atoms. The van der Waals surface area contributed by atoms with Gasteiger partial charge in [0.1, 0.15) is 11.5 Å². The van der Waals surface area contributed by atoms with Crippen molar-refractivity contribution in [3.05, 3.63) is 104 Å². The van der Waals surface area contributed by atoms with Gasteiger partial charge in [-0.1, -0.05) is 11.6 Å². The highest BCUT2D eigenvalue weighted by molar-refractivity contribution is 6.30. The average molecular weight is 495 g/mol. The monoisotopic (exact) mass is 494 g/mol. The van der Waals surface area contributed by atoms with E-state index < -0.39 is 17.3 Å². The number of pyridine rings is 2. The highest BCUT2D eigenvalue weighted by Crippen LogP contribution is 2.24. The van der Waals surface area contributed by atoms with E-state index in [-0.39, 0.29) is 30.0 Å². The van der Waals surface area contributed by atoms with Crippen LogP contribution in [0.3, 0.4) is 0 Å². The van der Waals surface area contributed by atoms with Crippen molar-refractivity contribution in [1.82, 2.24) is 24.1 Å². The van der Waals surface area contributed by atoms with Crippen LogP contribution in [0.4, 0.5) is 5.69 Å². The van der Waals surface area contributed by atoms with E-state index in [0.29, 0.717) is 22.2 Å². The molecule has 0 unspecified atom stereocenters. The third-order valence-electron chi connectivity index (χ3n) is 4.87. The van der Waals surface area contributed by atoms with Crippen molar-refractivity contribution in [2.24, 2.45) is 4.99 Å². The number of hydrogen-bond donors (Lipinski definition) is 2. The summed E-state index contributed by atoms with van der Waals surface area (Å²) in [4.78, 5) is 51.6. The number of carboxylic acids is 1. The fourth-order valence-electron chi connectivity index (χ4n) is 3.16. The quantitative estimate of drug-likeness (QED) is 0.401. The predicted molar refractivity (Wildman–Crippen MR) is 126 cm³/mol. The van der Waals surface area contributed by atoms with Gasteiger partial charge in [-0.25, -0.2) is 23.9 Å². The van der Waals surface area contributed by atoms with Gasteiger partial charge in [-0.3, -0.25) is 19.5 Å². The lowest BCUT2D eigenvalue weighted by atomic mass is 10.3. The molecule has 12 heteroatoms. The van der Waals surface area contributed by atoms with Crippen LogP contribution < -0.4 is 21.7 Å². The first-order chi connectivity index (χ1) is 16.8. The molecule has 0 aliphatic carbocycles. The number of nitrogens with one attached hydrogen (secondary N) is 1. The van der Waals surface area contributed by atoms with Crippen LogP contribution in [0.2, 0.25) is 5.02 Å². The van der Waals surface area contributed by atoms with Gasteiger partial charge in [-0.05, 0) is 49.4 Å². The van der Waals surface area contributed by atoms with E-state index in [2.05, 4.69) is 19.9 Å². The molecule has 0 spiro atoms. The number of aromatic nitrogens is 5. The number of aromatic carboxylic acids is 1. The van der Waals surface area contributed by atoms with E-state index in [1.165, 1.54) is 29.2 Å². The fraction of sp³-hybridized carbons (Fsp3) is 0.130. The summed E-state index contributed by atoms with van der Waals surface area (Å²) in [7, 11) is 0. The molecule has 4 aromatic rings. The lowest BCUT2D eigenvalue weighted by Crippen LogP contribution is -2.49. The second kappa shape index (κ2) is 10.2. The molecule has 0 saturated heterocycles. The van der Waals surface area contributed by atoms with E-state index in [4.69, 9.17) is 21.4 Å². The second-order valence-electron chi connectivity index (χ2n) is 7.26. The predicted octanol–water partition coefficient (Wildman–Crippen LogP) is 2.57. The molecular weight excluding hydrogens is 476 g/mol. The number of aromatic amines is 1. The van der Waals surface area contributed by atoms with Gasteiger partial charge in [0.2, 0.25) is 5.62 Å². The summed E-state index contributed by atoms with van der Waals surface area (Å²) in [6.45, 7) is 1.95. The molecule has 0 bridgehead atoms. The molecule has 0 aliphatic rings. The molecule has 0 fully saturated rings. The van der Waals surface area contributed by atoms with Gasteiger partial charge in [0.25, 0.3) is 0 Å². The molecule has 2 N–H and O–H groups in total. The fourth-order valence-corrected chi connectivity index (χ4v) is 3.28. The van der Waals surface area contributed by atoms with Crippen LogP contribution in [0.1, 0.15) is 23.0 Å². The summed E-state index contributed by atoms with van der Waals surface area (Å²) in [5, 5.41) is 9.54. The van der Waals surface area contributed by atoms with Gasteiger partial charge in [-0.2, -0.15) is 0 Å². The minimum atomic E-state index is -1.11. The number of carboxylic acid groups (broad SMARTS) is 1. The summed E-state index contributed by atoms with van der Waals surface area (Å²) < 4.78 is 8.03. The molecule has 0 amide bonds. The second-order valence-corrected chi connectivity index (χ2v) is 7.69. The first-order valence-corrected chi connectivity index (χ1v) is 10.8. The molecule has 11 nitrogen and oxygen atoms in total. The highest BCUT2D eigenvalue weighted by atomic mass is 35.5. The molecule has 0 aliphatic heterocycles. The summed E-state index contributed by atoms with van der Waals surface area (Å²) in [5.41, 5.74) is -0.0616. The van der Waals surface area contributed by atoms with Gasteiger partial charge in [0.05, 0.1) is 34.7 Å². The van der Waals surface area contributed by atoms with Crippen molar-refractivity contribution < 1.29 is 14.6 Å². The largest absolute Gasteiger partial charge is 0.478 e. The third kappa shape index (κ3) is 5.53. The minimum absolute atomic E-state index is 0.000353. The topological polar surface area (TPSA) is 144 Å². The first kappa shape index (κ1) is 23.6. The summed E-state index contributed by atoms with van der Waals surface area (Å²) >= 11 is 5.90. The standard InChI is InChI=1S/C23H19ClN6O5/c1-2-29-22(33)28-21(30(23(29)34)13-17-4-3-15(24)11-26-17)27-16-5-7-18(8-6-16)35-19-9-14(20(31)32)10-25-12-19/h3-12H,2,13H2,1H3,(H,31,32)(H,27,28,33). The molecule has 0 radical (unpaired) electrons. The van der Waals surface area contributed by atoms with E-state index in [1.807, 2.05) is 0 Å².